The predicted octanol–water partition coefficient (Wildman–Crippen LogP) is 3.03. The van der Waals surface area contributed by atoms with Crippen LogP contribution in [0, 0.1) is 12.8 Å². The minimum Gasteiger partial charge on any atom is -0.497 e. The van der Waals surface area contributed by atoms with Crippen molar-refractivity contribution in [3.63, 3.8) is 0 Å². The van der Waals surface area contributed by atoms with Crippen LogP contribution in [0.1, 0.15) is 22.6 Å². The fraction of sp³-hybridized carbons (Fsp3) is 0.381. The molecule has 6 heteroatoms. The molecule has 0 saturated carbocycles. The van der Waals surface area contributed by atoms with Crippen LogP contribution in [0.15, 0.2) is 36.4 Å². The summed E-state index contributed by atoms with van der Waals surface area (Å²) in [6.07, 6.45) is 0. The number of likely N-dealkylation sites (tertiary alicyclic amines) is 1. The number of aliphatic carboxylic acids is 1. The van der Waals surface area contributed by atoms with Crippen LogP contribution in [0.4, 0.5) is 0 Å². The minimum atomic E-state index is -0.758. The summed E-state index contributed by atoms with van der Waals surface area (Å²) >= 11 is 0. The van der Waals surface area contributed by atoms with Crippen molar-refractivity contribution in [3.8, 4) is 17.2 Å². The SMILES string of the molecule is COc1ccc(CN2C[C@H](C(=O)O)[C@@H](c3ccc4c(c3)OCO4)C2)c(C)c1. The molecule has 142 valence electrons. The summed E-state index contributed by atoms with van der Waals surface area (Å²) in [5, 5.41) is 9.75. The van der Waals surface area contributed by atoms with Gasteiger partial charge in [-0.1, -0.05) is 12.1 Å². The smallest absolute Gasteiger partial charge is 0.308 e. The van der Waals surface area contributed by atoms with E-state index in [9.17, 15) is 9.90 Å². The predicted molar refractivity (Wildman–Crippen MR) is 99.4 cm³/mol. The van der Waals surface area contributed by atoms with Gasteiger partial charge in [0.05, 0.1) is 13.0 Å². The molecule has 0 aliphatic carbocycles. The van der Waals surface area contributed by atoms with Gasteiger partial charge in [0.1, 0.15) is 5.75 Å². The number of hydrogen-bond donors (Lipinski definition) is 1. The second kappa shape index (κ2) is 7.12. The van der Waals surface area contributed by atoms with E-state index in [1.165, 1.54) is 5.56 Å². The van der Waals surface area contributed by atoms with E-state index in [-0.39, 0.29) is 12.7 Å². The van der Waals surface area contributed by atoms with Crippen molar-refractivity contribution in [3.05, 3.63) is 53.1 Å². The van der Waals surface area contributed by atoms with Gasteiger partial charge in [0.15, 0.2) is 11.5 Å². The van der Waals surface area contributed by atoms with Crippen LogP contribution < -0.4 is 14.2 Å². The number of methoxy groups -OCH3 is 1. The normalized spacial score (nSPS) is 21.4. The van der Waals surface area contributed by atoms with Crippen LogP contribution in [-0.4, -0.2) is 43.0 Å². The third-order valence-corrected chi connectivity index (χ3v) is 5.48. The van der Waals surface area contributed by atoms with Crippen molar-refractivity contribution in [2.24, 2.45) is 5.92 Å². The number of nitrogens with zero attached hydrogens (tertiary/aromatic N) is 1. The first-order valence-electron chi connectivity index (χ1n) is 9.03. The molecule has 2 atom stereocenters. The van der Waals surface area contributed by atoms with Gasteiger partial charge in [0.2, 0.25) is 6.79 Å². The zero-order chi connectivity index (χ0) is 19.0. The Kier molecular flexibility index (Phi) is 4.66. The maximum atomic E-state index is 11.9. The average Bonchev–Trinajstić information content (AvgIpc) is 3.29. The van der Waals surface area contributed by atoms with Gasteiger partial charge >= 0.3 is 5.97 Å². The number of rotatable bonds is 5. The standard InChI is InChI=1S/C21H23NO5/c1-13-7-16(25-2)5-3-15(13)9-22-10-17(18(11-22)21(23)24)14-4-6-19-20(8-14)27-12-26-19/h3-8,17-18H,9-12H2,1-2H3,(H,23,24)/t17-,18+/m1/s1. The second-order valence-electron chi connectivity index (χ2n) is 7.15. The van der Waals surface area contributed by atoms with Gasteiger partial charge in [-0.25, -0.2) is 0 Å². The van der Waals surface area contributed by atoms with Crippen LogP contribution in [0.3, 0.4) is 0 Å². The molecular weight excluding hydrogens is 346 g/mol. The van der Waals surface area contributed by atoms with Gasteiger partial charge in [-0.05, 0) is 47.9 Å². The zero-order valence-corrected chi connectivity index (χ0v) is 15.5. The largest absolute Gasteiger partial charge is 0.497 e. The number of benzene rings is 2. The number of fused-ring (bicyclic) bond motifs is 1. The summed E-state index contributed by atoms with van der Waals surface area (Å²) in [4.78, 5) is 14.1. The zero-order valence-electron chi connectivity index (χ0n) is 15.5. The molecule has 6 nitrogen and oxygen atoms in total. The van der Waals surface area contributed by atoms with E-state index in [0.29, 0.717) is 24.6 Å². The fourth-order valence-electron chi connectivity index (χ4n) is 3.96. The lowest BCUT2D eigenvalue weighted by Crippen LogP contribution is -2.23. The van der Waals surface area contributed by atoms with E-state index in [1.54, 1.807) is 7.11 Å². The fourth-order valence-corrected chi connectivity index (χ4v) is 3.96. The molecule has 2 aliphatic rings. The Labute approximate surface area is 158 Å². The Bertz CT molecular complexity index is 866. The van der Waals surface area contributed by atoms with Crippen LogP contribution in [0.25, 0.3) is 0 Å². The van der Waals surface area contributed by atoms with Crippen LogP contribution in [0.5, 0.6) is 17.2 Å². The Hall–Kier alpha value is -2.73. The maximum absolute atomic E-state index is 11.9. The molecule has 1 N–H and O–H groups in total. The number of aryl methyl sites for hydroxylation is 1. The van der Waals surface area contributed by atoms with Crippen LogP contribution in [-0.2, 0) is 11.3 Å². The van der Waals surface area contributed by atoms with Gasteiger partial charge < -0.3 is 19.3 Å². The molecule has 2 aromatic rings. The summed E-state index contributed by atoms with van der Waals surface area (Å²) < 4.78 is 16.1. The molecule has 1 fully saturated rings. The van der Waals surface area contributed by atoms with Crippen molar-refractivity contribution in [2.75, 3.05) is 27.0 Å². The van der Waals surface area contributed by atoms with Crippen LogP contribution >= 0.6 is 0 Å². The molecule has 4 rings (SSSR count). The summed E-state index contributed by atoms with van der Waals surface area (Å²) in [5.74, 6) is 0.973. The molecule has 0 spiro atoms. The molecular formula is C21H23NO5. The second-order valence-corrected chi connectivity index (χ2v) is 7.15. The first-order chi connectivity index (χ1) is 13.0. The summed E-state index contributed by atoms with van der Waals surface area (Å²) in [5.41, 5.74) is 3.32. The molecule has 2 aliphatic heterocycles. The highest BCUT2D eigenvalue weighted by molar-refractivity contribution is 5.72. The van der Waals surface area contributed by atoms with Crippen molar-refractivity contribution in [2.45, 2.75) is 19.4 Å². The van der Waals surface area contributed by atoms with E-state index in [1.807, 2.05) is 30.3 Å². The third-order valence-electron chi connectivity index (χ3n) is 5.48. The van der Waals surface area contributed by atoms with Gasteiger partial charge in [-0.2, -0.15) is 0 Å². The Morgan fingerprint density at radius 2 is 2.00 bits per heavy atom. The molecule has 1 saturated heterocycles. The molecule has 2 aromatic carbocycles. The maximum Gasteiger partial charge on any atom is 0.308 e. The highest BCUT2D eigenvalue weighted by Crippen LogP contribution is 2.39. The molecule has 0 unspecified atom stereocenters. The topological polar surface area (TPSA) is 68.2 Å². The first kappa shape index (κ1) is 17.7. The van der Waals surface area contributed by atoms with Gasteiger partial charge in [-0.3, -0.25) is 9.69 Å². The molecule has 0 aromatic heterocycles. The molecule has 0 amide bonds. The summed E-state index contributed by atoms with van der Waals surface area (Å²) in [6.45, 7) is 4.22. The van der Waals surface area contributed by atoms with E-state index >= 15 is 0 Å². The Morgan fingerprint density at radius 3 is 2.74 bits per heavy atom. The molecule has 0 bridgehead atoms. The third kappa shape index (κ3) is 3.45. The highest BCUT2D eigenvalue weighted by atomic mass is 16.7. The lowest BCUT2D eigenvalue weighted by molar-refractivity contribution is -0.141. The Balaban J connectivity index is 1.54. The van der Waals surface area contributed by atoms with Gasteiger partial charge in [-0.15, -0.1) is 0 Å². The van der Waals surface area contributed by atoms with Crippen molar-refractivity contribution < 1.29 is 24.1 Å². The molecule has 27 heavy (non-hydrogen) atoms. The number of hydrogen-bond acceptors (Lipinski definition) is 5. The van der Waals surface area contributed by atoms with Crippen molar-refractivity contribution in [1.82, 2.24) is 4.90 Å². The monoisotopic (exact) mass is 369 g/mol. The van der Waals surface area contributed by atoms with E-state index in [0.717, 1.165) is 23.4 Å². The number of ether oxygens (including phenoxy) is 3. The highest BCUT2D eigenvalue weighted by Gasteiger charge is 2.39. The minimum absolute atomic E-state index is 0.0736. The van der Waals surface area contributed by atoms with Gasteiger partial charge in [0.25, 0.3) is 0 Å². The number of carbonyl (C=O) groups is 1. The number of carboxylic acids is 1. The van der Waals surface area contributed by atoms with E-state index in [4.69, 9.17) is 14.2 Å². The lowest BCUT2D eigenvalue weighted by atomic mass is 9.89. The van der Waals surface area contributed by atoms with E-state index < -0.39 is 11.9 Å². The summed E-state index contributed by atoms with van der Waals surface area (Å²) in [6, 6.07) is 11.8. The number of carboxylic acid groups (broad SMARTS) is 1. The summed E-state index contributed by atoms with van der Waals surface area (Å²) in [7, 11) is 1.66. The average molecular weight is 369 g/mol. The van der Waals surface area contributed by atoms with Crippen molar-refractivity contribution in [1.29, 1.82) is 0 Å². The Morgan fingerprint density at radius 1 is 1.19 bits per heavy atom. The molecule has 0 radical (unpaired) electrons. The molecule has 2 heterocycles. The van der Waals surface area contributed by atoms with Crippen LogP contribution in [0.2, 0.25) is 0 Å². The lowest BCUT2D eigenvalue weighted by Gasteiger charge is -2.18. The van der Waals surface area contributed by atoms with E-state index in [2.05, 4.69) is 17.9 Å². The quantitative estimate of drug-likeness (QED) is 0.874. The first-order valence-corrected chi connectivity index (χ1v) is 9.03. The van der Waals surface area contributed by atoms with Gasteiger partial charge in [0, 0.05) is 25.6 Å². The van der Waals surface area contributed by atoms with Crippen molar-refractivity contribution >= 4 is 5.97 Å².